The number of halogens is 1. The quantitative estimate of drug-likeness (QED) is 0.871. The Bertz CT molecular complexity index is 419. The summed E-state index contributed by atoms with van der Waals surface area (Å²) in [5.41, 5.74) is 7.92. The van der Waals surface area contributed by atoms with Crippen LogP contribution in [0.1, 0.15) is 42.7 Å². The van der Waals surface area contributed by atoms with Crippen LogP contribution < -0.4 is 5.73 Å². The predicted octanol–water partition coefficient (Wildman–Crippen LogP) is 3.11. The van der Waals surface area contributed by atoms with E-state index in [1.807, 2.05) is 13.0 Å². The third-order valence-corrected chi connectivity index (χ3v) is 3.86. The van der Waals surface area contributed by atoms with Gasteiger partial charge in [-0.25, -0.2) is 4.39 Å². The van der Waals surface area contributed by atoms with Crippen molar-refractivity contribution in [3.05, 3.63) is 35.1 Å². The fraction of sp³-hybridized carbons (Fsp3) is 0.625. The Balaban J connectivity index is 1.85. The molecule has 0 radical (unpaired) electrons. The van der Waals surface area contributed by atoms with Gasteiger partial charge in [0, 0.05) is 6.61 Å². The summed E-state index contributed by atoms with van der Waals surface area (Å²) in [5, 5.41) is 0. The van der Waals surface area contributed by atoms with E-state index in [1.165, 1.54) is 12.5 Å². The number of ether oxygens (including phenoxy) is 2. The van der Waals surface area contributed by atoms with Gasteiger partial charge < -0.3 is 15.2 Å². The first-order chi connectivity index (χ1) is 9.70. The monoisotopic (exact) mass is 281 g/mol. The van der Waals surface area contributed by atoms with Gasteiger partial charge in [0.2, 0.25) is 0 Å². The maximum atomic E-state index is 13.1. The van der Waals surface area contributed by atoms with Gasteiger partial charge in [0.15, 0.2) is 6.29 Å². The average molecular weight is 281 g/mol. The molecule has 1 heterocycles. The van der Waals surface area contributed by atoms with Crippen molar-refractivity contribution in [2.75, 3.05) is 19.8 Å². The Morgan fingerprint density at radius 3 is 2.95 bits per heavy atom. The molecule has 2 unspecified atom stereocenters. The molecule has 0 aromatic heterocycles. The molecule has 2 N–H and O–H groups in total. The van der Waals surface area contributed by atoms with Crippen LogP contribution >= 0.6 is 0 Å². The van der Waals surface area contributed by atoms with Gasteiger partial charge in [-0.15, -0.1) is 0 Å². The SMILES string of the molecule is Cc1cc(F)ccc1C(CN)CCOC1CCCCO1. The molecule has 112 valence electrons. The van der Waals surface area contributed by atoms with E-state index in [-0.39, 0.29) is 18.0 Å². The first-order valence-electron chi connectivity index (χ1n) is 7.40. The van der Waals surface area contributed by atoms with Crippen molar-refractivity contribution in [2.24, 2.45) is 5.73 Å². The molecule has 1 aliphatic rings. The van der Waals surface area contributed by atoms with Crippen molar-refractivity contribution in [1.82, 2.24) is 0 Å². The molecule has 1 aliphatic heterocycles. The van der Waals surface area contributed by atoms with Crippen LogP contribution in [-0.4, -0.2) is 26.0 Å². The van der Waals surface area contributed by atoms with Crippen LogP contribution in [0.4, 0.5) is 4.39 Å². The molecule has 1 fully saturated rings. The second-order valence-corrected chi connectivity index (χ2v) is 5.39. The van der Waals surface area contributed by atoms with E-state index >= 15 is 0 Å². The van der Waals surface area contributed by atoms with Crippen molar-refractivity contribution in [3.8, 4) is 0 Å². The highest BCUT2D eigenvalue weighted by atomic mass is 19.1. The largest absolute Gasteiger partial charge is 0.353 e. The fourth-order valence-corrected chi connectivity index (χ4v) is 2.68. The Morgan fingerprint density at radius 1 is 1.45 bits per heavy atom. The molecule has 0 amide bonds. The van der Waals surface area contributed by atoms with E-state index in [2.05, 4.69) is 0 Å². The topological polar surface area (TPSA) is 44.5 Å². The van der Waals surface area contributed by atoms with Gasteiger partial charge in [-0.1, -0.05) is 6.07 Å². The predicted molar refractivity (Wildman–Crippen MR) is 77.1 cm³/mol. The zero-order valence-electron chi connectivity index (χ0n) is 12.1. The van der Waals surface area contributed by atoms with Gasteiger partial charge in [0.1, 0.15) is 5.82 Å². The van der Waals surface area contributed by atoms with Gasteiger partial charge in [-0.05, 0) is 68.3 Å². The molecular formula is C16H24FNO2. The van der Waals surface area contributed by atoms with Crippen LogP contribution in [0.25, 0.3) is 0 Å². The van der Waals surface area contributed by atoms with E-state index in [4.69, 9.17) is 15.2 Å². The second-order valence-electron chi connectivity index (χ2n) is 5.39. The number of hydrogen-bond donors (Lipinski definition) is 1. The van der Waals surface area contributed by atoms with Gasteiger partial charge in [-0.2, -0.15) is 0 Å². The third kappa shape index (κ3) is 4.27. The van der Waals surface area contributed by atoms with E-state index in [9.17, 15) is 4.39 Å². The maximum Gasteiger partial charge on any atom is 0.157 e. The Hall–Kier alpha value is -0.970. The summed E-state index contributed by atoms with van der Waals surface area (Å²) in [4.78, 5) is 0. The lowest BCUT2D eigenvalue weighted by atomic mass is 9.92. The molecular weight excluding hydrogens is 257 g/mol. The number of rotatable bonds is 6. The lowest BCUT2D eigenvalue weighted by Gasteiger charge is -2.24. The molecule has 0 saturated carbocycles. The lowest BCUT2D eigenvalue weighted by Crippen LogP contribution is -2.24. The van der Waals surface area contributed by atoms with Crippen LogP contribution in [0, 0.1) is 12.7 Å². The Kier molecular flexibility index (Phi) is 5.95. The van der Waals surface area contributed by atoms with Crippen LogP contribution in [0.15, 0.2) is 18.2 Å². The van der Waals surface area contributed by atoms with Crippen molar-refractivity contribution in [2.45, 2.75) is 44.8 Å². The van der Waals surface area contributed by atoms with Crippen molar-refractivity contribution in [1.29, 1.82) is 0 Å². The molecule has 0 spiro atoms. The molecule has 4 heteroatoms. The third-order valence-electron chi connectivity index (χ3n) is 3.86. The van der Waals surface area contributed by atoms with Crippen LogP contribution in [0.5, 0.6) is 0 Å². The highest BCUT2D eigenvalue weighted by Gasteiger charge is 2.16. The first kappa shape index (κ1) is 15.4. The first-order valence-corrected chi connectivity index (χ1v) is 7.40. The smallest absolute Gasteiger partial charge is 0.157 e. The lowest BCUT2D eigenvalue weighted by molar-refractivity contribution is -0.163. The Labute approximate surface area is 120 Å². The molecule has 20 heavy (non-hydrogen) atoms. The summed E-state index contributed by atoms with van der Waals surface area (Å²) in [6.07, 6.45) is 4.05. The summed E-state index contributed by atoms with van der Waals surface area (Å²) in [6.45, 7) is 3.89. The van der Waals surface area contributed by atoms with Gasteiger partial charge in [0.25, 0.3) is 0 Å². The second kappa shape index (κ2) is 7.72. The van der Waals surface area contributed by atoms with Gasteiger partial charge in [0.05, 0.1) is 6.61 Å². The number of nitrogens with two attached hydrogens (primary N) is 1. The summed E-state index contributed by atoms with van der Waals surface area (Å²) in [6, 6.07) is 4.89. The maximum absolute atomic E-state index is 13.1. The minimum atomic E-state index is -0.200. The van der Waals surface area contributed by atoms with Crippen molar-refractivity contribution in [3.63, 3.8) is 0 Å². The molecule has 1 aromatic carbocycles. The Morgan fingerprint density at radius 2 is 2.30 bits per heavy atom. The molecule has 1 saturated heterocycles. The number of hydrogen-bond acceptors (Lipinski definition) is 3. The normalized spacial score (nSPS) is 20.9. The molecule has 3 nitrogen and oxygen atoms in total. The molecule has 1 aromatic rings. The standard InChI is InChI=1S/C16H24FNO2/c1-12-10-14(17)5-6-15(12)13(11-18)7-9-20-16-4-2-3-8-19-16/h5-6,10,13,16H,2-4,7-9,11,18H2,1H3. The minimum Gasteiger partial charge on any atom is -0.353 e. The van der Waals surface area contributed by atoms with Gasteiger partial charge in [-0.3, -0.25) is 0 Å². The number of aryl methyl sites for hydroxylation is 1. The van der Waals surface area contributed by atoms with Gasteiger partial charge >= 0.3 is 0 Å². The summed E-state index contributed by atoms with van der Waals surface area (Å²) < 4.78 is 24.4. The van der Waals surface area contributed by atoms with Crippen molar-refractivity contribution < 1.29 is 13.9 Å². The zero-order valence-corrected chi connectivity index (χ0v) is 12.1. The van der Waals surface area contributed by atoms with Crippen LogP contribution in [-0.2, 0) is 9.47 Å². The highest BCUT2D eigenvalue weighted by Crippen LogP contribution is 2.24. The van der Waals surface area contributed by atoms with Crippen LogP contribution in [0.2, 0.25) is 0 Å². The van der Waals surface area contributed by atoms with E-state index in [1.54, 1.807) is 6.07 Å². The highest BCUT2D eigenvalue weighted by molar-refractivity contribution is 5.30. The summed E-state index contributed by atoms with van der Waals surface area (Å²) in [7, 11) is 0. The van der Waals surface area contributed by atoms with E-state index < -0.39 is 0 Å². The molecule has 0 aliphatic carbocycles. The summed E-state index contributed by atoms with van der Waals surface area (Å²) >= 11 is 0. The molecule has 2 rings (SSSR count). The van der Waals surface area contributed by atoms with E-state index in [0.29, 0.717) is 13.2 Å². The summed E-state index contributed by atoms with van der Waals surface area (Å²) in [5.74, 6) is 0.00747. The molecule has 0 bridgehead atoms. The zero-order chi connectivity index (χ0) is 14.4. The van der Waals surface area contributed by atoms with Crippen LogP contribution in [0.3, 0.4) is 0 Å². The van der Waals surface area contributed by atoms with E-state index in [0.717, 1.165) is 37.0 Å². The fourth-order valence-electron chi connectivity index (χ4n) is 2.68. The molecule has 2 atom stereocenters. The average Bonchev–Trinajstić information content (AvgIpc) is 2.46. The number of benzene rings is 1. The van der Waals surface area contributed by atoms with Crippen molar-refractivity contribution >= 4 is 0 Å². The minimum absolute atomic E-state index is 0.0588.